The highest BCUT2D eigenvalue weighted by atomic mass is 16.1. The maximum Gasteiger partial charge on any atom is 0.224 e. The largest absolute Gasteiger partial charge is 0.359 e. The fraction of sp³-hybridized carbons (Fsp3) is 0.545. The van der Waals surface area contributed by atoms with Gasteiger partial charge in [-0.2, -0.15) is 0 Å². The second-order valence-corrected chi connectivity index (χ2v) is 4.01. The molecule has 2 heterocycles. The van der Waals surface area contributed by atoms with Crippen LogP contribution in [0.1, 0.15) is 12.1 Å². The quantitative estimate of drug-likeness (QED) is 0.781. The Morgan fingerprint density at radius 1 is 1.50 bits per heavy atom. The Balaban J connectivity index is 2.09. The third-order valence-electron chi connectivity index (χ3n) is 2.96. The molecule has 1 atom stereocenters. The van der Waals surface area contributed by atoms with Crippen LogP contribution >= 0.6 is 0 Å². The number of nitrogens with zero attached hydrogens (tertiary/aromatic N) is 3. The molecule has 0 aromatic carbocycles. The van der Waals surface area contributed by atoms with E-state index in [-0.39, 0.29) is 11.8 Å². The van der Waals surface area contributed by atoms with Crippen molar-refractivity contribution >= 4 is 11.7 Å². The zero-order valence-corrected chi connectivity index (χ0v) is 9.60. The van der Waals surface area contributed by atoms with E-state index in [4.69, 9.17) is 0 Å². The van der Waals surface area contributed by atoms with Gasteiger partial charge in [-0.1, -0.05) is 0 Å². The lowest BCUT2D eigenvalue weighted by Crippen LogP contribution is -2.30. The normalized spacial score (nSPS) is 19.9. The highest BCUT2D eigenvalue weighted by Gasteiger charge is 2.29. The minimum atomic E-state index is 0.0754. The van der Waals surface area contributed by atoms with Crippen LogP contribution in [0.5, 0.6) is 0 Å². The number of aromatic nitrogens is 2. The molecule has 5 heteroatoms. The minimum Gasteiger partial charge on any atom is -0.359 e. The number of hydrogen-bond acceptors (Lipinski definition) is 4. The zero-order valence-electron chi connectivity index (χ0n) is 9.60. The molecular weight excluding hydrogens is 204 g/mol. The Hall–Kier alpha value is -1.65. The topological polar surface area (TPSA) is 58.1 Å². The summed E-state index contributed by atoms with van der Waals surface area (Å²) in [5.74, 6) is 1.09. The molecule has 5 nitrogen and oxygen atoms in total. The third kappa shape index (κ3) is 1.98. The van der Waals surface area contributed by atoms with Gasteiger partial charge in [0, 0.05) is 32.5 Å². The van der Waals surface area contributed by atoms with Gasteiger partial charge in [0.2, 0.25) is 5.91 Å². The van der Waals surface area contributed by atoms with Gasteiger partial charge in [-0.25, -0.2) is 4.98 Å². The SMILES string of the molecule is CNC(=O)C1CCN(c2nccnc2C)C1. The van der Waals surface area contributed by atoms with Crippen molar-refractivity contribution in [2.24, 2.45) is 5.92 Å². The summed E-state index contributed by atoms with van der Waals surface area (Å²) in [6.07, 6.45) is 4.26. The monoisotopic (exact) mass is 220 g/mol. The number of anilines is 1. The van der Waals surface area contributed by atoms with E-state index in [0.29, 0.717) is 0 Å². The van der Waals surface area contributed by atoms with Crippen LogP contribution in [0.3, 0.4) is 0 Å². The maximum absolute atomic E-state index is 11.5. The van der Waals surface area contributed by atoms with Gasteiger partial charge >= 0.3 is 0 Å². The van der Waals surface area contributed by atoms with Crippen molar-refractivity contribution in [3.63, 3.8) is 0 Å². The van der Waals surface area contributed by atoms with Crippen LogP contribution in [0.2, 0.25) is 0 Å². The van der Waals surface area contributed by atoms with Crippen molar-refractivity contribution < 1.29 is 4.79 Å². The van der Waals surface area contributed by atoms with Crippen LogP contribution in [-0.4, -0.2) is 36.0 Å². The fourth-order valence-corrected chi connectivity index (χ4v) is 2.08. The smallest absolute Gasteiger partial charge is 0.224 e. The Bertz CT molecular complexity index is 393. The summed E-state index contributed by atoms with van der Waals surface area (Å²) in [5.41, 5.74) is 0.917. The Labute approximate surface area is 94.9 Å². The van der Waals surface area contributed by atoms with Crippen LogP contribution in [-0.2, 0) is 4.79 Å². The number of nitrogens with one attached hydrogen (secondary N) is 1. The summed E-state index contributed by atoms with van der Waals surface area (Å²) in [5, 5.41) is 2.69. The molecule has 1 aromatic heterocycles. The fourth-order valence-electron chi connectivity index (χ4n) is 2.08. The number of amides is 1. The van der Waals surface area contributed by atoms with Crippen LogP contribution in [0.25, 0.3) is 0 Å². The Kier molecular flexibility index (Phi) is 3.03. The summed E-state index contributed by atoms with van der Waals surface area (Å²) >= 11 is 0. The lowest BCUT2D eigenvalue weighted by atomic mass is 10.1. The van der Waals surface area contributed by atoms with E-state index in [0.717, 1.165) is 31.0 Å². The van der Waals surface area contributed by atoms with Crippen molar-refractivity contribution in [3.05, 3.63) is 18.1 Å². The van der Waals surface area contributed by atoms with Gasteiger partial charge in [0.15, 0.2) is 0 Å². The standard InChI is InChI=1S/C11H16N4O/c1-8-10(14-5-4-13-8)15-6-3-9(7-15)11(16)12-2/h4-5,9H,3,6-7H2,1-2H3,(H,12,16). The van der Waals surface area contributed by atoms with Gasteiger partial charge in [0.05, 0.1) is 11.6 Å². The van der Waals surface area contributed by atoms with Gasteiger partial charge in [-0.15, -0.1) is 0 Å². The number of hydrogen-bond donors (Lipinski definition) is 1. The molecule has 1 N–H and O–H groups in total. The van der Waals surface area contributed by atoms with Crippen molar-refractivity contribution in [2.45, 2.75) is 13.3 Å². The van der Waals surface area contributed by atoms with Crippen molar-refractivity contribution in [2.75, 3.05) is 25.0 Å². The molecule has 1 amide bonds. The van der Waals surface area contributed by atoms with Crippen molar-refractivity contribution in [1.82, 2.24) is 15.3 Å². The van der Waals surface area contributed by atoms with Gasteiger partial charge in [-0.05, 0) is 13.3 Å². The second-order valence-electron chi connectivity index (χ2n) is 4.01. The second kappa shape index (κ2) is 4.47. The Morgan fingerprint density at radius 3 is 2.94 bits per heavy atom. The van der Waals surface area contributed by atoms with E-state index in [1.165, 1.54) is 0 Å². The molecule has 0 bridgehead atoms. The summed E-state index contributed by atoms with van der Waals surface area (Å²) < 4.78 is 0. The molecule has 0 radical (unpaired) electrons. The van der Waals surface area contributed by atoms with Crippen molar-refractivity contribution in [1.29, 1.82) is 0 Å². The molecular formula is C11H16N4O. The zero-order chi connectivity index (χ0) is 11.5. The van der Waals surface area contributed by atoms with E-state index in [1.54, 1.807) is 19.4 Å². The highest BCUT2D eigenvalue weighted by molar-refractivity contribution is 5.79. The highest BCUT2D eigenvalue weighted by Crippen LogP contribution is 2.23. The number of carbonyl (C=O) groups excluding carboxylic acids is 1. The van der Waals surface area contributed by atoms with Gasteiger partial charge < -0.3 is 10.2 Å². The molecule has 1 aliphatic heterocycles. The van der Waals surface area contributed by atoms with Gasteiger partial charge in [0.25, 0.3) is 0 Å². The van der Waals surface area contributed by atoms with Crippen LogP contribution in [0.15, 0.2) is 12.4 Å². The molecule has 1 aliphatic rings. The van der Waals surface area contributed by atoms with Crippen molar-refractivity contribution in [3.8, 4) is 0 Å². The molecule has 1 fully saturated rings. The summed E-state index contributed by atoms with van der Waals surface area (Å²) in [4.78, 5) is 22.1. The molecule has 86 valence electrons. The molecule has 1 saturated heterocycles. The van der Waals surface area contributed by atoms with Gasteiger partial charge in [-0.3, -0.25) is 9.78 Å². The molecule has 0 spiro atoms. The average Bonchev–Trinajstić information content (AvgIpc) is 2.78. The predicted molar refractivity (Wildman–Crippen MR) is 61.2 cm³/mol. The molecule has 0 saturated carbocycles. The molecule has 1 unspecified atom stereocenters. The lowest BCUT2D eigenvalue weighted by molar-refractivity contribution is -0.123. The first-order valence-corrected chi connectivity index (χ1v) is 5.46. The van der Waals surface area contributed by atoms with Crippen LogP contribution < -0.4 is 10.2 Å². The number of carbonyl (C=O) groups is 1. The first-order chi connectivity index (χ1) is 7.72. The molecule has 16 heavy (non-hydrogen) atoms. The van der Waals surface area contributed by atoms with Crippen LogP contribution in [0, 0.1) is 12.8 Å². The molecule has 0 aliphatic carbocycles. The van der Waals surface area contributed by atoms with E-state index < -0.39 is 0 Å². The van der Waals surface area contributed by atoms with E-state index in [2.05, 4.69) is 20.2 Å². The van der Waals surface area contributed by atoms with E-state index in [9.17, 15) is 4.79 Å². The number of rotatable bonds is 2. The van der Waals surface area contributed by atoms with Gasteiger partial charge in [0.1, 0.15) is 5.82 Å². The predicted octanol–water partition coefficient (Wildman–Crippen LogP) is 0.357. The van der Waals surface area contributed by atoms with Crippen LogP contribution in [0.4, 0.5) is 5.82 Å². The number of aryl methyl sites for hydroxylation is 1. The Morgan fingerprint density at radius 2 is 2.25 bits per heavy atom. The summed E-state index contributed by atoms with van der Waals surface area (Å²) in [6.45, 7) is 3.55. The molecule has 2 rings (SSSR count). The first-order valence-electron chi connectivity index (χ1n) is 5.46. The summed E-state index contributed by atoms with van der Waals surface area (Å²) in [6, 6.07) is 0. The third-order valence-corrected chi connectivity index (χ3v) is 2.96. The first kappa shape index (κ1) is 10.9. The average molecular weight is 220 g/mol. The lowest BCUT2D eigenvalue weighted by Gasteiger charge is -2.18. The van der Waals surface area contributed by atoms with E-state index in [1.807, 2.05) is 6.92 Å². The molecule has 1 aromatic rings. The maximum atomic E-state index is 11.5. The van der Waals surface area contributed by atoms with E-state index >= 15 is 0 Å². The minimum absolute atomic E-state index is 0.0754. The summed E-state index contributed by atoms with van der Waals surface area (Å²) in [7, 11) is 1.68.